The first-order valence-electron chi connectivity index (χ1n) is 8.19. The molecule has 8 N–H and O–H groups in total. The molecule has 0 aromatic carbocycles. The van der Waals surface area contributed by atoms with E-state index in [1.807, 2.05) is 27.7 Å². The summed E-state index contributed by atoms with van der Waals surface area (Å²) in [6.07, 6.45) is 0. The van der Waals surface area contributed by atoms with Crippen molar-refractivity contribution in [1.82, 2.24) is 10.6 Å². The number of aliphatic carboxylic acids is 2. The fourth-order valence-electron chi connectivity index (χ4n) is 1.21. The van der Waals surface area contributed by atoms with E-state index >= 15 is 0 Å². The molecule has 0 aliphatic rings. The highest BCUT2D eigenvalue weighted by Crippen LogP contribution is 1.98. The number of nitrogens with one attached hydrogen (secondary N) is 2. The largest absolute Gasteiger partial charge is 0.481 e. The molecule has 154 valence electrons. The van der Waals surface area contributed by atoms with E-state index in [9.17, 15) is 9.59 Å². The molecule has 10 nitrogen and oxygen atoms in total. The Kier molecular flexibility index (Phi) is 17.9. The zero-order chi connectivity index (χ0) is 21.4. The standard InChI is InChI=1S/C12H26N4O2.2C2H4O2/c1-7(2)9(13)11(17)15-5-6-16-12(18)10(14)8(3)4;2*1-2(3)4/h7-10H,5-6,13-14H2,1-4H3,(H,15,17)(H,16,18);2*1H3,(H,3,4)/t9-,10-;;/m0../s1. The van der Waals surface area contributed by atoms with Crippen molar-refractivity contribution >= 4 is 23.8 Å². The number of amides is 2. The summed E-state index contributed by atoms with van der Waals surface area (Å²) in [5, 5.41) is 20.2. The van der Waals surface area contributed by atoms with E-state index in [0.29, 0.717) is 13.1 Å². The van der Waals surface area contributed by atoms with Crippen molar-refractivity contribution < 1.29 is 29.4 Å². The first-order chi connectivity index (χ1) is 11.7. The minimum absolute atomic E-state index is 0.0916. The normalized spacial score (nSPS) is 11.9. The van der Waals surface area contributed by atoms with E-state index < -0.39 is 24.0 Å². The van der Waals surface area contributed by atoms with E-state index in [1.54, 1.807) is 0 Å². The Morgan fingerprint density at radius 3 is 1.08 bits per heavy atom. The van der Waals surface area contributed by atoms with Gasteiger partial charge in [0.2, 0.25) is 11.8 Å². The molecular weight excluding hydrogens is 344 g/mol. The topological polar surface area (TPSA) is 185 Å². The summed E-state index contributed by atoms with van der Waals surface area (Å²) in [4.78, 5) is 41.0. The van der Waals surface area contributed by atoms with Crippen LogP contribution in [0.15, 0.2) is 0 Å². The number of carboxylic acids is 2. The second-order valence-electron chi connectivity index (χ2n) is 6.16. The quantitative estimate of drug-likeness (QED) is 0.316. The highest BCUT2D eigenvalue weighted by atomic mass is 16.4. The molecule has 2 atom stereocenters. The van der Waals surface area contributed by atoms with Gasteiger partial charge in [0.1, 0.15) is 0 Å². The Hall–Kier alpha value is -2.20. The molecule has 26 heavy (non-hydrogen) atoms. The lowest BCUT2D eigenvalue weighted by Gasteiger charge is -2.17. The van der Waals surface area contributed by atoms with Crippen LogP contribution in [0.1, 0.15) is 41.5 Å². The average molecular weight is 378 g/mol. The summed E-state index contributed by atoms with van der Waals surface area (Å²) >= 11 is 0. The summed E-state index contributed by atoms with van der Waals surface area (Å²) in [6.45, 7) is 10.4. The van der Waals surface area contributed by atoms with Gasteiger partial charge in [0.25, 0.3) is 11.9 Å². The molecule has 0 saturated carbocycles. The molecule has 0 rings (SSSR count). The van der Waals surface area contributed by atoms with E-state index in [4.69, 9.17) is 31.3 Å². The highest BCUT2D eigenvalue weighted by molar-refractivity contribution is 5.82. The molecule has 0 radical (unpaired) electrons. The molecular formula is C16H34N4O6. The molecule has 0 fully saturated rings. The van der Waals surface area contributed by atoms with Gasteiger partial charge < -0.3 is 32.3 Å². The van der Waals surface area contributed by atoms with Crippen molar-refractivity contribution in [1.29, 1.82) is 0 Å². The van der Waals surface area contributed by atoms with E-state index in [2.05, 4.69) is 10.6 Å². The second-order valence-corrected chi connectivity index (χ2v) is 6.16. The van der Waals surface area contributed by atoms with Crippen LogP contribution in [0.3, 0.4) is 0 Å². The Balaban J connectivity index is -0.000000551. The molecule has 0 aromatic heterocycles. The van der Waals surface area contributed by atoms with Crippen LogP contribution in [0, 0.1) is 11.8 Å². The summed E-state index contributed by atoms with van der Waals surface area (Å²) in [6, 6.07) is -1.03. The van der Waals surface area contributed by atoms with Gasteiger partial charge in [-0.2, -0.15) is 0 Å². The molecule has 0 spiro atoms. The Labute approximate surface area is 154 Å². The van der Waals surface area contributed by atoms with Crippen LogP contribution >= 0.6 is 0 Å². The van der Waals surface area contributed by atoms with Gasteiger partial charge in [0.05, 0.1) is 12.1 Å². The smallest absolute Gasteiger partial charge is 0.300 e. The first-order valence-corrected chi connectivity index (χ1v) is 8.19. The first kappa shape index (κ1) is 28.6. The summed E-state index contributed by atoms with van der Waals surface area (Å²) in [5.41, 5.74) is 11.3. The maximum Gasteiger partial charge on any atom is 0.300 e. The molecule has 0 unspecified atom stereocenters. The minimum Gasteiger partial charge on any atom is -0.481 e. The number of carbonyl (C=O) groups is 4. The number of rotatable bonds is 7. The third-order valence-electron chi connectivity index (χ3n) is 2.77. The van der Waals surface area contributed by atoms with Crippen LogP contribution in [-0.2, 0) is 19.2 Å². The van der Waals surface area contributed by atoms with Crippen LogP contribution in [-0.4, -0.2) is 59.1 Å². The number of carboxylic acid groups (broad SMARTS) is 2. The van der Waals surface area contributed by atoms with E-state index in [-0.39, 0.29) is 23.7 Å². The molecule has 0 bridgehead atoms. The summed E-state index contributed by atoms with van der Waals surface area (Å²) < 4.78 is 0. The van der Waals surface area contributed by atoms with E-state index in [1.165, 1.54) is 0 Å². The number of hydrogen-bond acceptors (Lipinski definition) is 6. The Morgan fingerprint density at radius 1 is 0.731 bits per heavy atom. The van der Waals surface area contributed by atoms with Crippen LogP contribution in [0.4, 0.5) is 0 Å². The maximum absolute atomic E-state index is 11.5. The highest BCUT2D eigenvalue weighted by Gasteiger charge is 2.18. The minimum atomic E-state index is -0.833. The van der Waals surface area contributed by atoms with Crippen molar-refractivity contribution in [2.45, 2.75) is 53.6 Å². The van der Waals surface area contributed by atoms with Crippen molar-refractivity contribution in [3.05, 3.63) is 0 Å². The Bertz CT molecular complexity index is 392. The number of nitrogens with two attached hydrogens (primary N) is 2. The van der Waals surface area contributed by atoms with Crippen LogP contribution in [0.5, 0.6) is 0 Å². The van der Waals surface area contributed by atoms with Crippen LogP contribution in [0.2, 0.25) is 0 Å². The molecule has 0 aromatic rings. The van der Waals surface area contributed by atoms with Gasteiger partial charge in [-0.1, -0.05) is 27.7 Å². The third kappa shape index (κ3) is 21.8. The van der Waals surface area contributed by atoms with Gasteiger partial charge >= 0.3 is 0 Å². The summed E-state index contributed by atoms with van der Waals surface area (Å²) in [7, 11) is 0. The molecule has 2 amide bonds. The molecule has 0 aliphatic heterocycles. The SMILES string of the molecule is CC(=O)O.CC(=O)O.CC(C)[C@H](N)C(=O)NCCNC(=O)[C@@H](N)C(C)C. The van der Waals surface area contributed by atoms with Crippen molar-refractivity contribution in [3.63, 3.8) is 0 Å². The lowest BCUT2D eigenvalue weighted by Crippen LogP contribution is -2.48. The lowest BCUT2D eigenvalue weighted by molar-refractivity contribution is -0.135. The maximum atomic E-state index is 11.5. The molecule has 0 aliphatic carbocycles. The van der Waals surface area contributed by atoms with E-state index in [0.717, 1.165) is 13.8 Å². The zero-order valence-electron chi connectivity index (χ0n) is 16.4. The number of carbonyl (C=O) groups excluding carboxylic acids is 2. The van der Waals surface area contributed by atoms with Crippen molar-refractivity contribution in [2.24, 2.45) is 23.3 Å². The number of hydrogen-bond donors (Lipinski definition) is 6. The second kappa shape index (κ2) is 16.3. The average Bonchev–Trinajstić information content (AvgIpc) is 2.48. The summed E-state index contributed by atoms with van der Waals surface area (Å²) in [5.74, 6) is -1.89. The van der Waals surface area contributed by atoms with Gasteiger partial charge in [-0.25, -0.2) is 0 Å². The van der Waals surface area contributed by atoms with Crippen LogP contribution in [0.25, 0.3) is 0 Å². The van der Waals surface area contributed by atoms with Crippen LogP contribution < -0.4 is 22.1 Å². The van der Waals surface area contributed by atoms with Crippen molar-refractivity contribution in [2.75, 3.05) is 13.1 Å². The fraction of sp³-hybridized carbons (Fsp3) is 0.750. The fourth-order valence-corrected chi connectivity index (χ4v) is 1.21. The molecule has 0 heterocycles. The lowest BCUT2D eigenvalue weighted by atomic mass is 10.0. The van der Waals surface area contributed by atoms with Crippen molar-refractivity contribution in [3.8, 4) is 0 Å². The zero-order valence-corrected chi connectivity index (χ0v) is 16.4. The Morgan fingerprint density at radius 2 is 0.923 bits per heavy atom. The van der Waals surface area contributed by atoms with Gasteiger partial charge in [0.15, 0.2) is 0 Å². The molecule has 10 heteroatoms. The van der Waals surface area contributed by atoms with Gasteiger partial charge in [0, 0.05) is 26.9 Å². The van der Waals surface area contributed by atoms with Gasteiger partial charge in [-0.3, -0.25) is 19.2 Å². The predicted octanol–water partition coefficient (Wildman–Crippen LogP) is -0.633. The van der Waals surface area contributed by atoms with Gasteiger partial charge in [-0.15, -0.1) is 0 Å². The molecule has 0 saturated heterocycles. The van der Waals surface area contributed by atoms with Gasteiger partial charge in [-0.05, 0) is 11.8 Å². The third-order valence-corrected chi connectivity index (χ3v) is 2.77. The monoisotopic (exact) mass is 378 g/mol. The predicted molar refractivity (Wildman–Crippen MR) is 98.3 cm³/mol.